The fourth-order valence-electron chi connectivity index (χ4n) is 1.35. The summed E-state index contributed by atoms with van der Waals surface area (Å²) in [5.41, 5.74) is 0. The molecule has 64 valence electrons. The predicted octanol–water partition coefficient (Wildman–Crippen LogP) is 0.618. The molecule has 1 heterocycles. The van der Waals surface area contributed by atoms with Crippen LogP contribution >= 0.6 is 0 Å². The van der Waals surface area contributed by atoms with Crippen molar-refractivity contribution >= 4 is 6.09 Å². The van der Waals surface area contributed by atoms with E-state index in [4.69, 9.17) is 10.4 Å². The molecular formula is C6H11NO4. The molecule has 5 heteroatoms. The van der Waals surface area contributed by atoms with E-state index in [1.54, 1.807) is 0 Å². The van der Waals surface area contributed by atoms with Crippen LogP contribution in [0.2, 0.25) is 0 Å². The van der Waals surface area contributed by atoms with Gasteiger partial charge in [-0.2, -0.15) is 0 Å². The van der Waals surface area contributed by atoms with Gasteiger partial charge in [0.25, 0.3) is 0 Å². The molecule has 0 aromatic rings. The molecule has 1 saturated heterocycles. The number of rotatable bonds is 2. The van der Waals surface area contributed by atoms with Crippen LogP contribution in [0.5, 0.6) is 0 Å². The summed E-state index contributed by atoms with van der Waals surface area (Å²) in [6.07, 6.45) is 0.678. The Balaban J connectivity index is 2.44. The van der Waals surface area contributed by atoms with E-state index in [1.807, 2.05) is 0 Å². The molecule has 0 radical (unpaired) electrons. The lowest BCUT2D eigenvalue weighted by atomic mass is 10.2. The highest BCUT2D eigenvalue weighted by Gasteiger charge is 2.28. The monoisotopic (exact) mass is 161 g/mol. The van der Waals surface area contributed by atoms with Crippen molar-refractivity contribution < 1.29 is 20.0 Å². The summed E-state index contributed by atoms with van der Waals surface area (Å²) in [5, 5.41) is 16.7. The Kier molecular flexibility index (Phi) is 2.67. The van der Waals surface area contributed by atoms with Gasteiger partial charge in [0.15, 0.2) is 0 Å². The maximum Gasteiger partial charge on any atom is 0.407 e. The van der Waals surface area contributed by atoms with Gasteiger partial charge in [0.1, 0.15) is 6.61 Å². The molecule has 1 unspecified atom stereocenters. The number of carboxylic acid groups (broad SMARTS) is 1. The molecule has 0 aromatic heterocycles. The summed E-state index contributed by atoms with van der Waals surface area (Å²) in [7, 11) is 0. The molecule has 0 aromatic carbocycles. The Labute approximate surface area is 64.1 Å². The van der Waals surface area contributed by atoms with Gasteiger partial charge in [0.05, 0.1) is 6.04 Å². The zero-order valence-corrected chi connectivity index (χ0v) is 6.06. The molecule has 0 spiro atoms. The minimum absolute atomic E-state index is 0.0757. The average Bonchev–Trinajstić information content (AvgIpc) is 2.36. The normalized spacial score (nSPS) is 24.1. The molecule has 11 heavy (non-hydrogen) atoms. The summed E-state index contributed by atoms with van der Waals surface area (Å²) in [4.78, 5) is 15.7. The van der Waals surface area contributed by atoms with Crippen molar-refractivity contribution in [3.63, 3.8) is 0 Å². The van der Waals surface area contributed by atoms with Crippen molar-refractivity contribution in [1.29, 1.82) is 0 Å². The minimum Gasteiger partial charge on any atom is -0.465 e. The fraction of sp³-hybridized carbons (Fsp3) is 0.833. The van der Waals surface area contributed by atoms with E-state index >= 15 is 0 Å². The maximum absolute atomic E-state index is 10.5. The lowest BCUT2D eigenvalue weighted by Crippen LogP contribution is -2.36. The third kappa shape index (κ3) is 1.81. The Morgan fingerprint density at radius 2 is 2.45 bits per heavy atom. The SMILES string of the molecule is O=C(O)N1CCCC1COO. The van der Waals surface area contributed by atoms with Crippen LogP contribution in [0.15, 0.2) is 0 Å². The van der Waals surface area contributed by atoms with Crippen molar-refractivity contribution in [2.75, 3.05) is 13.2 Å². The van der Waals surface area contributed by atoms with Crippen LogP contribution in [-0.2, 0) is 4.89 Å². The smallest absolute Gasteiger partial charge is 0.407 e. The fourth-order valence-corrected chi connectivity index (χ4v) is 1.35. The van der Waals surface area contributed by atoms with Gasteiger partial charge in [-0.05, 0) is 12.8 Å². The molecule has 1 atom stereocenters. The van der Waals surface area contributed by atoms with Gasteiger partial charge in [-0.25, -0.2) is 9.68 Å². The van der Waals surface area contributed by atoms with Crippen molar-refractivity contribution in [3.8, 4) is 0 Å². The molecule has 1 fully saturated rings. The van der Waals surface area contributed by atoms with Crippen LogP contribution in [0, 0.1) is 0 Å². The van der Waals surface area contributed by atoms with Gasteiger partial charge >= 0.3 is 6.09 Å². The largest absolute Gasteiger partial charge is 0.465 e. The average molecular weight is 161 g/mol. The molecule has 1 aliphatic rings. The van der Waals surface area contributed by atoms with Crippen molar-refractivity contribution in [2.45, 2.75) is 18.9 Å². The van der Waals surface area contributed by atoms with Gasteiger partial charge in [0, 0.05) is 6.54 Å². The predicted molar refractivity (Wildman–Crippen MR) is 36.3 cm³/mol. The second kappa shape index (κ2) is 3.54. The van der Waals surface area contributed by atoms with E-state index < -0.39 is 6.09 Å². The first-order valence-corrected chi connectivity index (χ1v) is 3.51. The Hall–Kier alpha value is -0.810. The highest BCUT2D eigenvalue weighted by atomic mass is 17.1. The van der Waals surface area contributed by atoms with E-state index in [0.717, 1.165) is 12.8 Å². The van der Waals surface area contributed by atoms with E-state index in [0.29, 0.717) is 6.54 Å². The van der Waals surface area contributed by atoms with E-state index in [1.165, 1.54) is 4.90 Å². The molecule has 0 bridgehead atoms. The molecule has 1 rings (SSSR count). The molecule has 0 saturated carbocycles. The lowest BCUT2D eigenvalue weighted by molar-refractivity contribution is -0.249. The van der Waals surface area contributed by atoms with Crippen LogP contribution < -0.4 is 0 Å². The Morgan fingerprint density at radius 1 is 1.73 bits per heavy atom. The first-order valence-electron chi connectivity index (χ1n) is 3.51. The summed E-state index contributed by atoms with van der Waals surface area (Å²) < 4.78 is 0. The van der Waals surface area contributed by atoms with Crippen LogP contribution in [0.4, 0.5) is 4.79 Å². The molecule has 1 aliphatic heterocycles. The van der Waals surface area contributed by atoms with Crippen molar-refractivity contribution in [3.05, 3.63) is 0 Å². The zero-order chi connectivity index (χ0) is 8.27. The van der Waals surface area contributed by atoms with Gasteiger partial charge in [0.2, 0.25) is 0 Å². The first kappa shape index (κ1) is 8.29. The van der Waals surface area contributed by atoms with Gasteiger partial charge < -0.3 is 10.0 Å². The molecular weight excluding hydrogens is 150 g/mol. The third-order valence-electron chi connectivity index (χ3n) is 1.89. The number of hydrogen-bond acceptors (Lipinski definition) is 3. The van der Waals surface area contributed by atoms with Crippen LogP contribution in [0.1, 0.15) is 12.8 Å². The number of nitrogens with zero attached hydrogens (tertiary/aromatic N) is 1. The summed E-state index contributed by atoms with van der Waals surface area (Å²) in [5.74, 6) is 0. The highest BCUT2D eigenvalue weighted by molar-refractivity contribution is 5.65. The molecule has 2 N–H and O–H groups in total. The highest BCUT2D eigenvalue weighted by Crippen LogP contribution is 2.16. The summed E-state index contributed by atoms with van der Waals surface area (Å²) in [6.45, 7) is 0.621. The quantitative estimate of drug-likeness (QED) is 0.460. The lowest BCUT2D eigenvalue weighted by Gasteiger charge is -2.19. The van der Waals surface area contributed by atoms with Crippen molar-refractivity contribution in [2.24, 2.45) is 0 Å². The van der Waals surface area contributed by atoms with Crippen LogP contribution in [-0.4, -0.2) is 40.6 Å². The standard InChI is InChI=1S/C6H11NO4/c8-6(9)7-3-1-2-5(7)4-11-10/h5,10H,1-4H2,(H,8,9). The number of likely N-dealkylation sites (tertiary alicyclic amines) is 1. The first-order chi connectivity index (χ1) is 5.25. The van der Waals surface area contributed by atoms with Crippen LogP contribution in [0.3, 0.4) is 0 Å². The number of hydrogen-bond donors (Lipinski definition) is 2. The van der Waals surface area contributed by atoms with Gasteiger partial charge in [-0.1, -0.05) is 0 Å². The van der Waals surface area contributed by atoms with Crippen molar-refractivity contribution in [1.82, 2.24) is 4.90 Å². The van der Waals surface area contributed by atoms with E-state index in [9.17, 15) is 4.79 Å². The third-order valence-corrected chi connectivity index (χ3v) is 1.89. The maximum atomic E-state index is 10.5. The number of carbonyl (C=O) groups is 1. The topological polar surface area (TPSA) is 70.0 Å². The second-order valence-corrected chi connectivity index (χ2v) is 2.57. The van der Waals surface area contributed by atoms with Gasteiger partial charge in [-0.3, -0.25) is 5.26 Å². The molecule has 1 amide bonds. The van der Waals surface area contributed by atoms with E-state index in [2.05, 4.69) is 4.89 Å². The Morgan fingerprint density at radius 3 is 3.00 bits per heavy atom. The van der Waals surface area contributed by atoms with E-state index in [-0.39, 0.29) is 12.6 Å². The zero-order valence-electron chi connectivity index (χ0n) is 6.06. The van der Waals surface area contributed by atoms with Crippen LogP contribution in [0.25, 0.3) is 0 Å². The minimum atomic E-state index is -0.940. The Bertz CT molecular complexity index is 150. The van der Waals surface area contributed by atoms with Gasteiger partial charge in [-0.15, -0.1) is 0 Å². The second-order valence-electron chi connectivity index (χ2n) is 2.57. The molecule has 0 aliphatic carbocycles. The number of amides is 1. The molecule has 5 nitrogen and oxygen atoms in total. The summed E-state index contributed by atoms with van der Waals surface area (Å²) >= 11 is 0. The summed E-state index contributed by atoms with van der Waals surface area (Å²) in [6, 6.07) is -0.169.